The molecular formula is C22H25ClN2O3. The predicted octanol–water partition coefficient (Wildman–Crippen LogP) is 3.76. The Morgan fingerprint density at radius 2 is 1.71 bits per heavy atom. The molecule has 1 aliphatic rings. The molecule has 28 heavy (non-hydrogen) atoms. The number of likely N-dealkylation sites (tertiary alicyclic amines) is 1. The first kappa shape index (κ1) is 20.2. The van der Waals surface area contributed by atoms with Crippen LogP contribution in [0.4, 0.5) is 0 Å². The molecule has 148 valence electrons. The van der Waals surface area contributed by atoms with Gasteiger partial charge in [0.05, 0.1) is 0 Å². The molecule has 1 heterocycles. The summed E-state index contributed by atoms with van der Waals surface area (Å²) in [6.45, 7) is 5.06. The third kappa shape index (κ3) is 5.04. The van der Waals surface area contributed by atoms with Gasteiger partial charge in [-0.2, -0.15) is 0 Å². The first-order valence-electron chi connectivity index (χ1n) is 9.47. The molecular weight excluding hydrogens is 376 g/mol. The fourth-order valence-electron chi connectivity index (χ4n) is 3.36. The molecule has 0 aliphatic carbocycles. The van der Waals surface area contributed by atoms with Crippen LogP contribution in [-0.4, -0.2) is 42.5 Å². The van der Waals surface area contributed by atoms with Gasteiger partial charge in [-0.3, -0.25) is 9.59 Å². The number of nitrogens with zero attached hydrogens (tertiary/aromatic N) is 1. The Labute approximate surface area is 170 Å². The highest BCUT2D eigenvalue weighted by Crippen LogP contribution is 2.26. The van der Waals surface area contributed by atoms with E-state index in [1.807, 2.05) is 44.2 Å². The molecule has 2 aromatic rings. The topological polar surface area (TPSA) is 58.6 Å². The second-order valence-electron chi connectivity index (χ2n) is 7.15. The smallest absolute Gasteiger partial charge is 0.260 e. The maximum atomic E-state index is 12.4. The van der Waals surface area contributed by atoms with Gasteiger partial charge in [0.2, 0.25) is 0 Å². The Kier molecular flexibility index (Phi) is 6.57. The number of carbonyl (C=O) groups excluding carboxylic acids is 2. The molecule has 0 atom stereocenters. The van der Waals surface area contributed by atoms with E-state index in [9.17, 15) is 9.59 Å². The number of ether oxygens (including phenoxy) is 1. The lowest BCUT2D eigenvalue weighted by Crippen LogP contribution is -2.47. The van der Waals surface area contributed by atoms with E-state index in [4.69, 9.17) is 16.3 Å². The van der Waals surface area contributed by atoms with Crippen molar-refractivity contribution in [2.75, 3.05) is 19.7 Å². The molecule has 0 aromatic heterocycles. The van der Waals surface area contributed by atoms with E-state index in [1.54, 1.807) is 17.0 Å². The van der Waals surface area contributed by atoms with Crippen LogP contribution in [0, 0.1) is 13.8 Å². The Balaban J connectivity index is 1.45. The third-order valence-corrected chi connectivity index (χ3v) is 5.59. The molecule has 0 unspecified atom stereocenters. The van der Waals surface area contributed by atoms with Gasteiger partial charge in [0.25, 0.3) is 11.8 Å². The first-order valence-corrected chi connectivity index (χ1v) is 9.85. The van der Waals surface area contributed by atoms with E-state index < -0.39 is 0 Å². The van der Waals surface area contributed by atoms with Gasteiger partial charge in [-0.15, -0.1) is 0 Å². The van der Waals surface area contributed by atoms with Crippen molar-refractivity contribution < 1.29 is 14.3 Å². The maximum Gasteiger partial charge on any atom is 0.260 e. The van der Waals surface area contributed by atoms with Crippen LogP contribution in [0.15, 0.2) is 42.5 Å². The van der Waals surface area contributed by atoms with Crippen LogP contribution in [0.1, 0.15) is 34.3 Å². The summed E-state index contributed by atoms with van der Waals surface area (Å²) in [5.74, 6) is 0.540. The van der Waals surface area contributed by atoms with Crippen LogP contribution in [-0.2, 0) is 4.79 Å². The number of hydrogen-bond acceptors (Lipinski definition) is 3. The normalized spacial score (nSPS) is 14.6. The highest BCUT2D eigenvalue weighted by Gasteiger charge is 2.24. The van der Waals surface area contributed by atoms with Crippen molar-refractivity contribution in [3.05, 3.63) is 64.2 Å². The van der Waals surface area contributed by atoms with E-state index in [-0.39, 0.29) is 24.5 Å². The lowest BCUT2D eigenvalue weighted by atomic mass is 10.0. The number of carbonyl (C=O) groups is 2. The molecule has 3 rings (SSSR count). The summed E-state index contributed by atoms with van der Waals surface area (Å²) < 4.78 is 5.67. The molecule has 2 aromatic carbocycles. The van der Waals surface area contributed by atoms with Crippen molar-refractivity contribution in [2.24, 2.45) is 0 Å². The highest BCUT2D eigenvalue weighted by molar-refractivity contribution is 6.32. The van der Waals surface area contributed by atoms with Crippen LogP contribution in [0.5, 0.6) is 5.75 Å². The summed E-state index contributed by atoms with van der Waals surface area (Å²) in [4.78, 5) is 26.5. The summed E-state index contributed by atoms with van der Waals surface area (Å²) in [5, 5.41) is 3.77. The molecule has 0 saturated carbocycles. The zero-order valence-corrected chi connectivity index (χ0v) is 17.0. The van der Waals surface area contributed by atoms with Gasteiger partial charge in [-0.05, 0) is 62.1 Å². The largest absolute Gasteiger partial charge is 0.484 e. The maximum absolute atomic E-state index is 12.4. The monoisotopic (exact) mass is 400 g/mol. The van der Waals surface area contributed by atoms with E-state index >= 15 is 0 Å². The molecule has 1 saturated heterocycles. The number of aryl methyl sites for hydroxylation is 2. The molecule has 2 amide bonds. The molecule has 6 heteroatoms. The number of benzene rings is 2. The Morgan fingerprint density at radius 1 is 1.11 bits per heavy atom. The highest BCUT2D eigenvalue weighted by atomic mass is 35.5. The van der Waals surface area contributed by atoms with Crippen LogP contribution in [0.2, 0.25) is 5.02 Å². The third-order valence-electron chi connectivity index (χ3n) is 4.99. The number of halogens is 1. The van der Waals surface area contributed by atoms with E-state index in [2.05, 4.69) is 5.32 Å². The minimum Gasteiger partial charge on any atom is -0.484 e. The molecule has 0 spiro atoms. The Bertz CT molecular complexity index is 823. The number of amides is 2. The van der Waals surface area contributed by atoms with Gasteiger partial charge in [-0.25, -0.2) is 0 Å². The van der Waals surface area contributed by atoms with Crippen LogP contribution in [0.3, 0.4) is 0 Å². The number of hydrogen-bond donors (Lipinski definition) is 1. The van der Waals surface area contributed by atoms with Crippen LogP contribution >= 0.6 is 11.6 Å². The van der Waals surface area contributed by atoms with Crippen molar-refractivity contribution in [1.29, 1.82) is 0 Å². The average molecular weight is 401 g/mol. The average Bonchev–Trinajstić information content (AvgIpc) is 2.71. The first-order chi connectivity index (χ1) is 13.4. The van der Waals surface area contributed by atoms with Crippen LogP contribution in [0.25, 0.3) is 0 Å². The Hall–Kier alpha value is -2.53. The predicted molar refractivity (Wildman–Crippen MR) is 110 cm³/mol. The molecule has 0 bridgehead atoms. The minimum absolute atomic E-state index is 0.00154. The molecule has 1 aliphatic heterocycles. The van der Waals surface area contributed by atoms with Crippen molar-refractivity contribution in [2.45, 2.75) is 32.7 Å². The van der Waals surface area contributed by atoms with Gasteiger partial charge in [0.15, 0.2) is 6.61 Å². The second kappa shape index (κ2) is 9.11. The fraction of sp³-hybridized carbons (Fsp3) is 0.364. The lowest BCUT2D eigenvalue weighted by Gasteiger charge is -2.32. The molecule has 5 nitrogen and oxygen atoms in total. The standard InChI is InChI=1S/C22H25ClN2O3/c1-15-12-19(13-16(2)21(15)23)28-14-20(26)25-10-8-18(9-11-25)24-22(27)17-6-4-3-5-7-17/h3-7,12-13,18H,8-11,14H2,1-2H3,(H,24,27). The zero-order chi connectivity index (χ0) is 20.1. The lowest BCUT2D eigenvalue weighted by molar-refractivity contribution is -0.134. The Morgan fingerprint density at radius 3 is 2.32 bits per heavy atom. The minimum atomic E-state index is -0.0674. The van der Waals surface area contributed by atoms with E-state index in [0.29, 0.717) is 24.4 Å². The summed E-state index contributed by atoms with van der Waals surface area (Å²) in [7, 11) is 0. The number of rotatable bonds is 5. The fourth-order valence-corrected chi connectivity index (χ4v) is 3.47. The quantitative estimate of drug-likeness (QED) is 0.831. The number of piperidine rings is 1. The SMILES string of the molecule is Cc1cc(OCC(=O)N2CCC(NC(=O)c3ccccc3)CC2)cc(C)c1Cl. The van der Waals surface area contributed by atoms with Gasteiger partial charge >= 0.3 is 0 Å². The summed E-state index contributed by atoms with van der Waals surface area (Å²) in [6.07, 6.45) is 1.48. The van der Waals surface area contributed by atoms with Gasteiger partial charge in [-0.1, -0.05) is 29.8 Å². The second-order valence-corrected chi connectivity index (χ2v) is 7.53. The summed E-state index contributed by atoms with van der Waals surface area (Å²) >= 11 is 6.16. The summed E-state index contributed by atoms with van der Waals surface area (Å²) in [6, 6.07) is 12.9. The zero-order valence-electron chi connectivity index (χ0n) is 16.2. The van der Waals surface area contributed by atoms with E-state index in [0.717, 1.165) is 29.0 Å². The van der Waals surface area contributed by atoms with Gasteiger partial charge in [0, 0.05) is 29.7 Å². The molecule has 0 radical (unpaired) electrons. The van der Waals surface area contributed by atoms with Crippen LogP contribution < -0.4 is 10.1 Å². The van der Waals surface area contributed by atoms with Crippen molar-refractivity contribution in [3.8, 4) is 5.75 Å². The van der Waals surface area contributed by atoms with E-state index in [1.165, 1.54) is 0 Å². The molecule has 1 N–H and O–H groups in total. The van der Waals surface area contributed by atoms with Gasteiger partial charge < -0.3 is 15.0 Å². The van der Waals surface area contributed by atoms with Crippen molar-refractivity contribution in [1.82, 2.24) is 10.2 Å². The summed E-state index contributed by atoms with van der Waals surface area (Å²) in [5.41, 5.74) is 2.51. The van der Waals surface area contributed by atoms with Crippen molar-refractivity contribution in [3.63, 3.8) is 0 Å². The number of nitrogens with one attached hydrogen (secondary N) is 1. The van der Waals surface area contributed by atoms with Crippen molar-refractivity contribution >= 4 is 23.4 Å². The molecule has 1 fully saturated rings. The van der Waals surface area contributed by atoms with Gasteiger partial charge in [0.1, 0.15) is 5.75 Å².